The van der Waals surface area contributed by atoms with E-state index in [2.05, 4.69) is 5.32 Å². The highest BCUT2D eigenvalue weighted by atomic mass is 19.3. The Labute approximate surface area is 78.9 Å². The van der Waals surface area contributed by atoms with Crippen molar-refractivity contribution in [2.24, 2.45) is 11.3 Å². The maximum Gasteiger partial charge on any atom is 0.256 e. The van der Waals surface area contributed by atoms with Crippen LogP contribution in [0.3, 0.4) is 0 Å². The molecule has 0 aromatic heterocycles. The summed E-state index contributed by atoms with van der Waals surface area (Å²) in [5.74, 6) is -3.04. The Morgan fingerprint density at radius 3 is 2.23 bits per heavy atom. The number of alkyl halides is 2. The first-order valence-corrected chi connectivity index (χ1v) is 4.94. The molecule has 1 atom stereocenters. The SMILES string of the molecule is CC(C)(C)C(F)(F)C1CCCNC1. The topological polar surface area (TPSA) is 12.0 Å². The monoisotopic (exact) mass is 191 g/mol. The average molecular weight is 191 g/mol. The van der Waals surface area contributed by atoms with Crippen LogP contribution in [0.5, 0.6) is 0 Å². The Morgan fingerprint density at radius 1 is 1.23 bits per heavy atom. The van der Waals surface area contributed by atoms with E-state index in [9.17, 15) is 8.78 Å². The number of nitrogens with one attached hydrogen (secondary N) is 1. The predicted octanol–water partition coefficient (Wildman–Crippen LogP) is 2.67. The summed E-state index contributed by atoms with van der Waals surface area (Å²) in [5.41, 5.74) is -0.920. The second-order valence-corrected chi connectivity index (χ2v) is 4.92. The second-order valence-electron chi connectivity index (χ2n) is 4.92. The number of hydrogen-bond acceptors (Lipinski definition) is 1. The van der Waals surface area contributed by atoms with Gasteiger partial charge in [-0.2, -0.15) is 0 Å². The minimum atomic E-state index is -2.56. The molecule has 78 valence electrons. The van der Waals surface area contributed by atoms with Crippen LogP contribution < -0.4 is 5.32 Å². The van der Waals surface area contributed by atoms with E-state index in [0.29, 0.717) is 13.0 Å². The molecule has 3 heteroatoms. The first-order chi connectivity index (χ1) is 5.86. The van der Waals surface area contributed by atoms with Crippen LogP contribution in [0, 0.1) is 11.3 Å². The van der Waals surface area contributed by atoms with Crippen LogP contribution in [-0.2, 0) is 0 Å². The van der Waals surface area contributed by atoms with Crippen molar-refractivity contribution in [1.82, 2.24) is 5.32 Å². The number of piperidine rings is 1. The van der Waals surface area contributed by atoms with Gasteiger partial charge >= 0.3 is 0 Å². The zero-order valence-corrected chi connectivity index (χ0v) is 8.66. The van der Waals surface area contributed by atoms with Gasteiger partial charge in [-0.1, -0.05) is 20.8 Å². The first-order valence-electron chi connectivity index (χ1n) is 4.94. The van der Waals surface area contributed by atoms with Crippen molar-refractivity contribution < 1.29 is 8.78 Å². The Morgan fingerprint density at radius 2 is 1.85 bits per heavy atom. The van der Waals surface area contributed by atoms with E-state index < -0.39 is 17.3 Å². The molecule has 0 bridgehead atoms. The fraction of sp³-hybridized carbons (Fsp3) is 1.00. The molecule has 0 amide bonds. The van der Waals surface area contributed by atoms with Gasteiger partial charge in [-0.25, -0.2) is 8.78 Å². The molecule has 1 nitrogen and oxygen atoms in total. The fourth-order valence-corrected chi connectivity index (χ4v) is 1.77. The van der Waals surface area contributed by atoms with Crippen molar-refractivity contribution >= 4 is 0 Å². The number of hydrogen-bond donors (Lipinski definition) is 1. The summed E-state index contributed by atoms with van der Waals surface area (Å²) >= 11 is 0. The summed E-state index contributed by atoms with van der Waals surface area (Å²) in [6.07, 6.45) is 1.52. The highest BCUT2D eigenvalue weighted by Crippen LogP contribution is 2.43. The van der Waals surface area contributed by atoms with Gasteiger partial charge in [0.25, 0.3) is 5.92 Å². The molecule has 1 rings (SSSR count). The summed E-state index contributed by atoms with van der Waals surface area (Å²) in [5, 5.41) is 3.03. The van der Waals surface area contributed by atoms with E-state index in [0.717, 1.165) is 13.0 Å². The molecule has 1 N–H and O–H groups in total. The number of rotatable bonds is 1. The van der Waals surface area contributed by atoms with Crippen LogP contribution in [0.25, 0.3) is 0 Å². The predicted molar refractivity (Wildman–Crippen MR) is 50.0 cm³/mol. The van der Waals surface area contributed by atoms with E-state index >= 15 is 0 Å². The van der Waals surface area contributed by atoms with Gasteiger partial charge in [-0.15, -0.1) is 0 Å². The van der Waals surface area contributed by atoms with Crippen molar-refractivity contribution in [2.75, 3.05) is 13.1 Å². The molecule has 1 heterocycles. The van der Waals surface area contributed by atoms with Crippen LogP contribution in [0.2, 0.25) is 0 Å². The molecule has 0 saturated carbocycles. The van der Waals surface area contributed by atoms with E-state index in [1.807, 2.05) is 0 Å². The third-order valence-electron chi connectivity index (χ3n) is 2.81. The average Bonchev–Trinajstić information content (AvgIpc) is 2.04. The Hall–Kier alpha value is -0.180. The van der Waals surface area contributed by atoms with Crippen molar-refractivity contribution in [3.63, 3.8) is 0 Å². The first kappa shape index (κ1) is 10.9. The lowest BCUT2D eigenvalue weighted by atomic mass is 9.77. The van der Waals surface area contributed by atoms with Gasteiger partial charge in [-0.3, -0.25) is 0 Å². The van der Waals surface area contributed by atoms with Crippen molar-refractivity contribution in [3.8, 4) is 0 Å². The lowest BCUT2D eigenvalue weighted by Gasteiger charge is -2.38. The van der Waals surface area contributed by atoms with Crippen LogP contribution in [0.4, 0.5) is 8.78 Å². The maximum atomic E-state index is 13.8. The highest BCUT2D eigenvalue weighted by Gasteiger charge is 2.49. The molecule has 0 spiro atoms. The molecule has 1 fully saturated rings. The molecule has 0 aromatic rings. The minimum Gasteiger partial charge on any atom is -0.316 e. The summed E-state index contributed by atoms with van der Waals surface area (Å²) in [6.45, 7) is 6.19. The smallest absolute Gasteiger partial charge is 0.256 e. The summed E-state index contributed by atoms with van der Waals surface area (Å²) in [4.78, 5) is 0. The Kier molecular flexibility index (Phi) is 2.95. The lowest BCUT2D eigenvalue weighted by Crippen LogP contribution is -2.47. The van der Waals surface area contributed by atoms with Gasteiger partial charge in [0.2, 0.25) is 0 Å². The van der Waals surface area contributed by atoms with Crippen LogP contribution in [0.15, 0.2) is 0 Å². The quantitative estimate of drug-likeness (QED) is 0.672. The molecule has 1 saturated heterocycles. The zero-order valence-electron chi connectivity index (χ0n) is 8.66. The van der Waals surface area contributed by atoms with Gasteiger partial charge < -0.3 is 5.32 Å². The van der Waals surface area contributed by atoms with Gasteiger partial charge in [0.15, 0.2) is 0 Å². The molecular formula is C10H19F2N. The van der Waals surface area contributed by atoms with Crippen molar-refractivity contribution in [3.05, 3.63) is 0 Å². The second kappa shape index (κ2) is 3.52. The summed E-state index contributed by atoms with van der Waals surface area (Å²) in [6, 6.07) is 0. The third-order valence-corrected chi connectivity index (χ3v) is 2.81. The molecule has 1 aliphatic heterocycles. The lowest BCUT2D eigenvalue weighted by molar-refractivity contribution is -0.147. The molecule has 1 aliphatic rings. The van der Waals surface area contributed by atoms with E-state index in [4.69, 9.17) is 0 Å². The Bertz CT molecular complexity index is 166. The highest BCUT2D eigenvalue weighted by molar-refractivity contribution is 4.90. The standard InChI is InChI=1S/C10H19F2N/c1-9(2,3)10(11,12)8-5-4-6-13-7-8/h8,13H,4-7H2,1-3H3. The number of halogens is 2. The molecule has 0 radical (unpaired) electrons. The van der Waals surface area contributed by atoms with E-state index in [-0.39, 0.29) is 0 Å². The summed E-state index contributed by atoms with van der Waals surface area (Å²) < 4.78 is 27.6. The van der Waals surface area contributed by atoms with Crippen molar-refractivity contribution in [2.45, 2.75) is 39.5 Å². The molecule has 1 unspecified atom stereocenters. The third kappa shape index (κ3) is 2.19. The van der Waals surface area contributed by atoms with Crippen molar-refractivity contribution in [1.29, 1.82) is 0 Å². The maximum absolute atomic E-state index is 13.8. The van der Waals surface area contributed by atoms with Crippen LogP contribution in [-0.4, -0.2) is 19.0 Å². The normalized spacial score (nSPS) is 26.1. The minimum absolute atomic E-state index is 0.463. The van der Waals surface area contributed by atoms with Gasteiger partial charge in [0, 0.05) is 17.9 Å². The molecule has 13 heavy (non-hydrogen) atoms. The van der Waals surface area contributed by atoms with E-state index in [1.165, 1.54) is 0 Å². The van der Waals surface area contributed by atoms with E-state index in [1.54, 1.807) is 20.8 Å². The van der Waals surface area contributed by atoms with Gasteiger partial charge in [0.1, 0.15) is 0 Å². The van der Waals surface area contributed by atoms with Crippen LogP contribution >= 0.6 is 0 Å². The van der Waals surface area contributed by atoms with Gasteiger partial charge in [0.05, 0.1) is 0 Å². The molecule has 0 aromatic carbocycles. The van der Waals surface area contributed by atoms with Gasteiger partial charge in [-0.05, 0) is 19.4 Å². The zero-order chi connectivity index (χ0) is 10.1. The van der Waals surface area contributed by atoms with Crippen LogP contribution in [0.1, 0.15) is 33.6 Å². The Balaban J connectivity index is 2.67. The molecular weight excluding hydrogens is 172 g/mol. The largest absolute Gasteiger partial charge is 0.316 e. The fourth-order valence-electron chi connectivity index (χ4n) is 1.77. The molecule has 0 aliphatic carbocycles. The summed E-state index contributed by atoms with van der Waals surface area (Å²) in [7, 11) is 0.